The van der Waals surface area contributed by atoms with Gasteiger partial charge in [-0.2, -0.15) is 0 Å². The van der Waals surface area contributed by atoms with Gasteiger partial charge in [0, 0.05) is 21.9 Å². The molecule has 0 aliphatic heterocycles. The van der Waals surface area contributed by atoms with Crippen LogP contribution in [0.1, 0.15) is 31.2 Å². The summed E-state index contributed by atoms with van der Waals surface area (Å²) < 4.78 is 0. The van der Waals surface area contributed by atoms with E-state index in [9.17, 15) is 5.11 Å². The first-order valence-electron chi connectivity index (χ1n) is 7.86. The van der Waals surface area contributed by atoms with Gasteiger partial charge in [0.2, 0.25) is 0 Å². The maximum Gasteiger partial charge on any atom is 0.124 e. The zero-order valence-corrected chi connectivity index (χ0v) is 13.4. The number of phenols is 1. The zero-order valence-electron chi connectivity index (χ0n) is 12.6. The van der Waals surface area contributed by atoms with Crippen molar-refractivity contribution in [2.75, 3.05) is 0 Å². The normalized spacial score (nSPS) is 22.0. The van der Waals surface area contributed by atoms with E-state index in [2.05, 4.69) is 30.3 Å². The molecule has 2 nitrogen and oxygen atoms in total. The number of aromatic hydroxyl groups is 1. The Bertz CT molecular complexity index is 626. The molecule has 0 aromatic heterocycles. The van der Waals surface area contributed by atoms with Gasteiger partial charge in [-0.15, -0.1) is 11.8 Å². The third-order valence-corrected chi connectivity index (χ3v) is 5.44. The van der Waals surface area contributed by atoms with Crippen molar-refractivity contribution in [3.63, 3.8) is 0 Å². The molecule has 2 unspecified atom stereocenters. The Kier molecular flexibility index (Phi) is 5.17. The van der Waals surface area contributed by atoms with E-state index >= 15 is 0 Å². The molecule has 2 atom stereocenters. The van der Waals surface area contributed by atoms with Gasteiger partial charge in [0.25, 0.3) is 0 Å². The lowest BCUT2D eigenvalue weighted by atomic mass is 9.95. The summed E-state index contributed by atoms with van der Waals surface area (Å²) in [6.07, 6.45) is 6.71. The summed E-state index contributed by atoms with van der Waals surface area (Å²) in [6, 6.07) is 18.3. The lowest BCUT2D eigenvalue weighted by molar-refractivity contribution is 0.455. The summed E-state index contributed by atoms with van der Waals surface area (Å²) in [5.74, 6) is 0.300. The maximum absolute atomic E-state index is 9.84. The van der Waals surface area contributed by atoms with Gasteiger partial charge in [-0.3, -0.25) is 4.99 Å². The van der Waals surface area contributed by atoms with Crippen molar-refractivity contribution in [3.8, 4) is 5.75 Å². The van der Waals surface area contributed by atoms with Crippen LogP contribution in [-0.2, 0) is 0 Å². The number of benzene rings is 2. The molecule has 1 aliphatic carbocycles. The lowest BCUT2D eigenvalue weighted by Gasteiger charge is -2.28. The van der Waals surface area contributed by atoms with Gasteiger partial charge in [-0.05, 0) is 37.1 Å². The van der Waals surface area contributed by atoms with Crippen molar-refractivity contribution in [3.05, 3.63) is 60.2 Å². The van der Waals surface area contributed by atoms with Crippen molar-refractivity contribution >= 4 is 18.0 Å². The van der Waals surface area contributed by atoms with E-state index in [0.717, 1.165) is 12.0 Å². The van der Waals surface area contributed by atoms with E-state index in [4.69, 9.17) is 4.99 Å². The van der Waals surface area contributed by atoms with Gasteiger partial charge in [0.15, 0.2) is 0 Å². The fourth-order valence-corrected chi connectivity index (χ4v) is 4.14. The molecule has 1 aliphatic rings. The number of nitrogens with zero attached hydrogens (tertiary/aromatic N) is 1. The summed E-state index contributed by atoms with van der Waals surface area (Å²) in [4.78, 5) is 6.10. The monoisotopic (exact) mass is 311 g/mol. The van der Waals surface area contributed by atoms with Crippen molar-refractivity contribution < 1.29 is 5.11 Å². The van der Waals surface area contributed by atoms with Crippen LogP contribution in [0.15, 0.2) is 64.5 Å². The van der Waals surface area contributed by atoms with Gasteiger partial charge in [0.1, 0.15) is 5.75 Å². The Morgan fingerprint density at radius 3 is 2.50 bits per heavy atom. The van der Waals surface area contributed by atoms with Crippen molar-refractivity contribution in [2.24, 2.45) is 4.99 Å². The van der Waals surface area contributed by atoms with E-state index < -0.39 is 0 Å². The van der Waals surface area contributed by atoms with Crippen LogP contribution in [0.25, 0.3) is 0 Å². The fraction of sp³-hybridized carbons (Fsp3) is 0.316. The second-order valence-electron chi connectivity index (χ2n) is 5.66. The number of aliphatic imine (C=N–C) groups is 1. The number of hydrogen-bond acceptors (Lipinski definition) is 3. The van der Waals surface area contributed by atoms with E-state index in [1.165, 1.54) is 24.2 Å². The average Bonchev–Trinajstić information content (AvgIpc) is 2.56. The third kappa shape index (κ3) is 3.92. The SMILES string of the molecule is Oc1ccccc1C=NC1CCCCC1Sc1ccccc1. The Balaban J connectivity index is 1.71. The summed E-state index contributed by atoms with van der Waals surface area (Å²) in [6.45, 7) is 0. The summed E-state index contributed by atoms with van der Waals surface area (Å²) in [5.41, 5.74) is 0.802. The Morgan fingerprint density at radius 2 is 1.68 bits per heavy atom. The molecule has 0 radical (unpaired) electrons. The molecule has 3 rings (SSSR count). The minimum absolute atomic E-state index is 0.300. The van der Waals surface area contributed by atoms with Gasteiger partial charge in [-0.1, -0.05) is 43.2 Å². The highest BCUT2D eigenvalue weighted by atomic mass is 32.2. The van der Waals surface area contributed by atoms with Gasteiger partial charge in [-0.25, -0.2) is 0 Å². The lowest BCUT2D eigenvalue weighted by Crippen LogP contribution is -2.25. The highest BCUT2D eigenvalue weighted by molar-refractivity contribution is 8.00. The smallest absolute Gasteiger partial charge is 0.124 e. The van der Waals surface area contributed by atoms with Gasteiger partial charge < -0.3 is 5.11 Å². The average molecular weight is 311 g/mol. The van der Waals surface area contributed by atoms with Gasteiger partial charge in [0.05, 0.1) is 6.04 Å². The fourth-order valence-electron chi connectivity index (χ4n) is 2.83. The van der Waals surface area contributed by atoms with E-state index in [1.807, 2.05) is 36.2 Å². The topological polar surface area (TPSA) is 32.6 Å². The molecule has 1 N–H and O–H groups in total. The number of rotatable bonds is 4. The highest BCUT2D eigenvalue weighted by Crippen LogP contribution is 2.35. The van der Waals surface area contributed by atoms with E-state index in [1.54, 1.807) is 6.07 Å². The molecule has 22 heavy (non-hydrogen) atoms. The van der Waals surface area contributed by atoms with Crippen LogP contribution in [0.3, 0.4) is 0 Å². The first-order chi connectivity index (χ1) is 10.8. The van der Waals surface area contributed by atoms with Crippen molar-refractivity contribution in [1.82, 2.24) is 0 Å². The molecular weight excluding hydrogens is 290 g/mol. The highest BCUT2D eigenvalue weighted by Gasteiger charge is 2.25. The molecule has 114 valence electrons. The van der Waals surface area contributed by atoms with Crippen LogP contribution in [-0.4, -0.2) is 22.6 Å². The standard InChI is InChI=1S/C19H21NOS/c21-18-12-6-4-8-15(18)14-20-17-11-5-7-13-19(17)22-16-9-2-1-3-10-16/h1-4,6,8-10,12,14,17,19,21H,5,7,11,13H2. The predicted molar refractivity (Wildman–Crippen MR) is 94.0 cm³/mol. The predicted octanol–water partition coefficient (Wildman–Crippen LogP) is 4.91. The molecule has 2 aromatic rings. The second-order valence-corrected chi connectivity index (χ2v) is 6.97. The number of para-hydroxylation sites is 1. The van der Waals surface area contributed by atoms with Crippen LogP contribution in [0, 0.1) is 0 Å². The van der Waals surface area contributed by atoms with Crippen LogP contribution >= 0.6 is 11.8 Å². The van der Waals surface area contributed by atoms with E-state index in [0.29, 0.717) is 17.0 Å². The molecule has 1 saturated carbocycles. The molecule has 1 fully saturated rings. The first-order valence-corrected chi connectivity index (χ1v) is 8.74. The van der Waals surface area contributed by atoms with Crippen molar-refractivity contribution in [2.45, 2.75) is 41.9 Å². The number of phenolic OH excluding ortho intramolecular Hbond substituents is 1. The third-order valence-electron chi connectivity index (χ3n) is 4.04. The summed E-state index contributed by atoms with van der Waals surface area (Å²) >= 11 is 1.94. The van der Waals surface area contributed by atoms with Gasteiger partial charge >= 0.3 is 0 Å². The zero-order chi connectivity index (χ0) is 15.2. The molecule has 3 heteroatoms. The Morgan fingerprint density at radius 1 is 0.955 bits per heavy atom. The summed E-state index contributed by atoms with van der Waals surface area (Å²) in [7, 11) is 0. The molecule has 0 amide bonds. The van der Waals surface area contributed by atoms with Crippen LogP contribution < -0.4 is 0 Å². The molecule has 0 heterocycles. The van der Waals surface area contributed by atoms with E-state index in [-0.39, 0.29) is 0 Å². The second kappa shape index (κ2) is 7.50. The molecule has 0 bridgehead atoms. The molecule has 0 spiro atoms. The molecule has 2 aromatic carbocycles. The number of thioether (sulfide) groups is 1. The Hall–Kier alpha value is -1.74. The molecular formula is C19H21NOS. The van der Waals surface area contributed by atoms with Crippen LogP contribution in [0.2, 0.25) is 0 Å². The minimum Gasteiger partial charge on any atom is -0.507 e. The van der Waals surface area contributed by atoms with Crippen molar-refractivity contribution in [1.29, 1.82) is 0 Å². The first kappa shape index (κ1) is 15.2. The minimum atomic E-state index is 0.300. The molecule has 0 saturated heterocycles. The summed E-state index contributed by atoms with van der Waals surface area (Å²) in [5, 5.41) is 10.4. The largest absolute Gasteiger partial charge is 0.507 e. The Labute approximate surface area is 136 Å². The number of hydrogen-bond donors (Lipinski definition) is 1. The maximum atomic E-state index is 9.84. The van der Waals surface area contributed by atoms with Crippen LogP contribution in [0.4, 0.5) is 0 Å². The quantitative estimate of drug-likeness (QED) is 0.813. The van der Waals surface area contributed by atoms with Crippen LogP contribution in [0.5, 0.6) is 5.75 Å².